The Morgan fingerprint density at radius 1 is 0.792 bits per heavy atom. The first-order valence-corrected chi connectivity index (χ1v) is 9.07. The largest absolute Gasteiger partial charge is 0.481 e. The van der Waals surface area contributed by atoms with Gasteiger partial charge in [0.1, 0.15) is 0 Å². The van der Waals surface area contributed by atoms with E-state index >= 15 is 0 Å². The van der Waals surface area contributed by atoms with Gasteiger partial charge in [-0.15, -0.1) is 0 Å². The predicted octanol–water partition coefficient (Wildman–Crippen LogP) is 6.23. The molecule has 2 nitrogen and oxygen atoms in total. The molecule has 0 aliphatic rings. The normalized spacial score (nSPS) is 10.6. The van der Waals surface area contributed by atoms with Crippen LogP contribution in [0.2, 0.25) is 0 Å². The Morgan fingerprint density at radius 3 is 1.92 bits per heavy atom. The van der Waals surface area contributed by atoms with Gasteiger partial charge in [-0.2, -0.15) is 0 Å². The summed E-state index contributed by atoms with van der Waals surface area (Å²) in [6, 6.07) is 16.8. The minimum atomic E-state index is 0.204. The highest BCUT2D eigenvalue weighted by molar-refractivity contribution is 5.92. The molecule has 128 valence electrons. The van der Waals surface area contributed by atoms with Crippen LogP contribution in [0.15, 0.2) is 48.5 Å². The Hall–Kier alpha value is -2.09. The van der Waals surface area contributed by atoms with Crippen LogP contribution in [0.1, 0.15) is 56.6 Å². The van der Waals surface area contributed by atoms with Crippen molar-refractivity contribution in [2.75, 3.05) is 7.11 Å². The van der Waals surface area contributed by atoms with Gasteiger partial charge in [-0.25, -0.2) is 0 Å². The maximum absolute atomic E-state index is 7.68. The molecule has 0 amide bonds. The zero-order valence-electron chi connectivity index (χ0n) is 15.0. The van der Waals surface area contributed by atoms with Crippen molar-refractivity contribution in [1.82, 2.24) is 0 Å². The number of hydrogen-bond acceptors (Lipinski definition) is 2. The first-order valence-electron chi connectivity index (χ1n) is 9.07. The minimum Gasteiger partial charge on any atom is -0.481 e. The summed E-state index contributed by atoms with van der Waals surface area (Å²) in [5.74, 6) is 0.204. The molecule has 0 atom stereocenters. The van der Waals surface area contributed by atoms with E-state index in [2.05, 4.69) is 31.2 Å². The van der Waals surface area contributed by atoms with E-state index in [1.807, 2.05) is 24.3 Å². The molecule has 0 bridgehead atoms. The molecule has 2 heteroatoms. The van der Waals surface area contributed by atoms with Crippen LogP contribution < -0.4 is 0 Å². The molecule has 2 rings (SSSR count). The highest BCUT2D eigenvalue weighted by atomic mass is 16.5. The van der Waals surface area contributed by atoms with Gasteiger partial charge in [-0.1, -0.05) is 75.4 Å². The van der Waals surface area contributed by atoms with Gasteiger partial charge >= 0.3 is 0 Å². The van der Waals surface area contributed by atoms with Crippen LogP contribution in [0.25, 0.3) is 11.1 Å². The molecule has 0 unspecified atom stereocenters. The van der Waals surface area contributed by atoms with Crippen LogP contribution in [-0.2, 0) is 11.2 Å². The molecule has 24 heavy (non-hydrogen) atoms. The molecule has 0 spiro atoms. The van der Waals surface area contributed by atoms with E-state index < -0.39 is 0 Å². The van der Waals surface area contributed by atoms with Crippen molar-refractivity contribution in [3.05, 3.63) is 59.7 Å². The summed E-state index contributed by atoms with van der Waals surface area (Å²) in [6.07, 6.45) is 9.25. The smallest absolute Gasteiger partial charge is 0.212 e. The molecule has 1 N–H and O–H groups in total. The lowest BCUT2D eigenvalue weighted by Crippen LogP contribution is -2.00. The number of hydrogen-bond donors (Lipinski definition) is 1. The summed E-state index contributed by atoms with van der Waals surface area (Å²) in [4.78, 5) is 0. The van der Waals surface area contributed by atoms with Gasteiger partial charge in [-0.05, 0) is 41.7 Å². The van der Waals surface area contributed by atoms with Crippen molar-refractivity contribution >= 4 is 5.90 Å². The molecule has 2 aromatic carbocycles. The third kappa shape index (κ3) is 5.52. The number of rotatable bonds is 9. The van der Waals surface area contributed by atoms with Gasteiger partial charge in [0.05, 0.1) is 7.11 Å². The van der Waals surface area contributed by atoms with Crippen LogP contribution in [-0.4, -0.2) is 13.0 Å². The Balaban J connectivity index is 1.86. The Kier molecular flexibility index (Phi) is 7.54. The predicted molar refractivity (Wildman–Crippen MR) is 103 cm³/mol. The van der Waals surface area contributed by atoms with Crippen LogP contribution in [0.4, 0.5) is 0 Å². The number of benzene rings is 2. The Labute approximate surface area is 146 Å². The monoisotopic (exact) mass is 323 g/mol. The molecule has 0 saturated carbocycles. The van der Waals surface area contributed by atoms with E-state index in [0.717, 1.165) is 5.56 Å². The second-order valence-corrected chi connectivity index (χ2v) is 6.33. The number of aryl methyl sites for hydroxylation is 1. The molecular formula is C22H29NO. The SMILES string of the molecule is CCCCCCCCc1ccc(-c2ccc(C(=N)OC)cc2)cc1. The summed E-state index contributed by atoms with van der Waals surface area (Å²) in [7, 11) is 1.53. The molecule has 0 radical (unpaired) electrons. The van der Waals surface area contributed by atoms with E-state index in [9.17, 15) is 0 Å². The van der Waals surface area contributed by atoms with Gasteiger partial charge in [-0.3, -0.25) is 5.41 Å². The zero-order chi connectivity index (χ0) is 17.2. The van der Waals surface area contributed by atoms with Crippen LogP contribution in [0.3, 0.4) is 0 Å². The third-order valence-electron chi connectivity index (χ3n) is 4.46. The quantitative estimate of drug-likeness (QED) is 0.331. The topological polar surface area (TPSA) is 33.1 Å². The molecule has 0 aliphatic carbocycles. The lowest BCUT2D eigenvalue weighted by molar-refractivity contribution is 0.401. The fourth-order valence-electron chi connectivity index (χ4n) is 2.91. The lowest BCUT2D eigenvalue weighted by Gasteiger charge is -2.07. The highest BCUT2D eigenvalue weighted by Crippen LogP contribution is 2.21. The summed E-state index contributed by atoms with van der Waals surface area (Å²) in [5.41, 5.74) is 4.62. The van der Waals surface area contributed by atoms with Gasteiger partial charge in [0.15, 0.2) is 0 Å². The van der Waals surface area contributed by atoms with Crippen molar-refractivity contribution in [2.45, 2.75) is 51.9 Å². The first kappa shape index (κ1) is 18.3. The number of ether oxygens (including phenoxy) is 1. The van der Waals surface area contributed by atoms with E-state index in [4.69, 9.17) is 10.1 Å². The van der Waals surface area contributed by atoms with Crippen molar-refractivity contribution in [1.29, 1.82) is 5.41 Å². The van der Waals surface area contributed by atoms with Crippen molar-refractivity contribution in [3.63, 3.8) is 0 Å². The average Bonchev–Trinajstić information content (AvgIpc) is 2.64. The summed E-state index contributed by atoms with van der Waals surface area (Å²) in [6.45, 7) is 2.26. The van der Waals surface area contributed by atoms with Gasteiger partial charge in [0, 0.05) is 5.56 Å². The molecule has 0 heterocycles. The van der Waals surface area contributed by atoms with Crippen molar-refractivity contribution in [3.8, 4) is 11.1 Å². The first-order chi connectivity index (χ1) is 11.7. The van der Waals surface area contributed by atoms with Gasteiger partial charge in [0.2, 0.25) is 5.90 Å². The molecular weight excluding hydrogens is 294 g/mol. The van der Waals surface area contributed by atoms with E-state index in [0.29, 0.717) is 0 Å². The zero-order valence-corrected chi connectivity index (χ0v) is 15.0. The number of unbranched alkanes of at least 4 members (excludes halogenated alkanes) is 5. The van der Waals surface area contributed by atoms with Crippen LogP contribution >= 0.6 is 0 Å². The van der Waals surface area contributed by atoms with Gasteiger partial charge < -0.3 is 4.74 Å². The maximum atomic E-state index is 7.68. The number of nitrogens with one attached hydrogen (secondary N) is 1. The minimum absolute atomic E-state index is 0.204. The molecule has 0 saturated heterocycles. The van der Waals surface area contributed by atoms with Gasteiger partial charge in [0.25, 0.3) is 0 Å². The van der Waals surface area contributed by atoms with Crippen LogP contribution in [0.5, 0.6) is 0 Å². The lowest BCUT2D eigenvalue weighted by atomic mass is 10.00. The van der Waals surface area contributed by atoms with E-state index in [-0.39, 0.29) is 5.90 Å². The fraction of sp³-hybridized carbons (Fsp3) is 0.409. The standard InChI is InChI=1S/C22H29NO/c1-3-4-5-6-7-8-9-18-10-12-19(13-11-18)20-14-16-21(17-15-20)22(23)24-2/h10-17,23H,3-9H2,1-2H3. The molecule has 2 aromatic rings. The van der Waals surface area contributed by atoms with Crippen molar-refractivity contribution < 1.29 is 4.74 Å². The summed E-state index contributed by atoms with van der Waals surface area (Å²) >= 11 is 0. The fourth-order valence-corrected chi connectivity index (χ4v) is 2.91. The van der Waals surface area contributed by atoms with E-state index in [1.165, 1.54) is 68.7 Å². The average molecular weight is 323 g/mol. The second kappa shape index (κ2) is 9.92. The third-order valence-corrected chi connectivity index (χ3v) is 4.46. The summed E-state index contributed by atoms with van der Waals surface area (Å²) < 4.78 is 4.95. The highest BCUT2D eigenvalue weighted by Gasteiger charge is 2.02. The molecule has 0 fully saturated rings. The Morgan fingerprint density at radius 2 is 1.33 bits per heavy atom. The van der Waals surface area contributed by atoms with E-state index in [1.54, 1.807) is 0 Å². The maximum Gasteiger partial charge on any atom is 0.212 e. The summed E-state index contributed by atoms with van der Waals surface area (Å²) in [5, 5.41) is 7.68. The van der Waals surface area contributed by atoms with Crippen LogP contribution in [0, 0.1) is 5.41 Å². The van der Waals surface area contributed by atoms with Crippen molar-refractivity contribution in [2.24, 2.45) is 0 Å². The molecule has 0 aromatic heterocycles. The second-order valence-electron chi connectivity index (χ2n) is 6.33. The molecule has 0 aliphatic heterocycles. The Bertz CT molecular complexity index is 613. The number of methoxy groups -OCH3 is 1.